The number of nitrogens with one attached hydrogen (secondary N) is 1. The van der Waals surface area contributed by atoms with Crippen molar-refractivity contribution in [3.8, 4) is 0 Å². The molecule has 1 fully saturated rings. The van der Waals surface area contributed by atoms with Crippen LogP contribution in [-0.2, 0) is 21.1 Å². The summed E-state index contributed by atoms with van der Waals surface area (Å²) in [5.74, 6) is -0.182. The van der Waals surface area contributed by atoms with Crippen molar-refractivity contribution < 1.29 is 22.3 Å². The van der Waals surface area contributed by atoms with Gasteiger partial charge in [0, 0.05) is 31.5 Å². The second-order valence-electron chi connectivity index (χ2n) is 7.92. The number of benzene rings is 1. The van der Waals surface area contributed by atoms with E-state index in [0.29, 0.717) is 37.3 Å². The lowest BCUT2D eigenvalue weighted by Gasteiger charge is -2.32. The third-order valence-corrected chi connectivity index (χ3v) is 6.27. The molecule has 0 radical (unpaired) electrons. The van der Waals surface area contributed by atoms with E-state index in [4.69, 9.17) is 10.5 Å². The van der Waals surface area contributed by atoms with Crippen LogP contribution in [0.2, 0.25) is 0 Å². The second-order valence-corrected chi connectivity index (χ2v) is 9.93. The molecule has 170 valence electrons. The minimum Gasteiger partial charge on any atom is -0.447 e. The molecule has 0 unspecified atom stereocenters. The largest absolute Gasteiger partial charge is 0.447 e. The maximum absolute atomic E-state index is 14.2. The molecule has 0 atom stereocenters. The summed E-state index contributed by atoms with van der Waals surface area (Å²) in [4.78, 5) is 13.6. The highest BCUT2D eigenvalue weighted by molar-refractivity contribution is 7.90. The first-order valence-electron chi connectivity index (χ1n) is 10.1. The van der Waals surface area contributed by atoms with Crippen LogP contribution in [0.5, 0.6) is 0 Å². The van der Waals surface area contributed by atoms with Gasteiger partial charge in [0.05, 0.1) is 28.9 Å². The van der Waals surface area contributed by atoms with Crippen LogP contribution in [0, 0.1) is 5.82 Å². The number of carbonyl (C=O) groups is 1. The third-order valence-electron chi connectivity index (χ3n) is 5.16. The Kier molecular flexibility index (Phi) is 6.73. The van der Waals surface area contributed by atoms with Crippen molar-refractivity contribution in [3.63, 3.8) is 0 Å². The van der Waals surface area contributed by atoms with Crippen molar-refractivity contribution >= 4 is 27.4 Å². The summed E-state index contributed by atoms with van der Waals surface area (Å²) in [6.07, 6.45) is 3.60. The van der Waals surface area contributed by atoms with Gasteiger partial charge in [0.1, 0.15) is 11.6 Å². The molecule has 1 aliphatic rings. The van der Waals surface area contributed by atoms with E-state index < -0.39 is 15.7 Å². The van der Waals surface area contributed by atoms with Crippen LogP contribution in [0.15, 0.2) is 29.3 Å². The van der Waals surface area contributed by atoms with Gasteiger partial charge in [-0.3, -0.25) is 0 Å². The molecule has 0 spiro atoms. The van der Waals surface area contributed by atoms with Gasteiger partial charge in [0.2, 0.25) is 0 Å². The van der Waals surface area contributed by atoms with Gasteiger partial charge in [-0.2, -0.15) is 5.10 Å². The van der Waals surface area contributed by atoms with Gasteiger partial charge < -0.3 is 20.7 Å². The van der Waals surface area contributed by atoms with Gasteiger partial charge in [-0.15, -0.1) is 0 Å². The Bertz CT molecular complexity index is 1050. The summed E-state index contributed by atoms with van der Waals surface area (Å²) in [5, 5.41) is 7.32. The van der Waals surface area contributed by atoms with Crippen molar-refractivity contribution in [3.05, 3.63) is 35.8 Å². The predicted octanol–water partition coefficient (Wildman–Crippen LogP) is 2.80. The molecule has 0 saturated carbocycles. The highest BCUT2D eigenvalue weighted by atomic mass is 32.2. The number of hydrogen-bond donors (Lipinski definition) is 2. The fourth-order valence-electron chi connectivity index (χ4n) is 3.46. The average Bonchev–Trinajstić information content (AvgIpc) is 3.06. The number of anilines is 2. The molecule has 1 saturated heterocycles. The molecule has 11 heteroatoms. The number of aromatic nitrogens is 2. The second kappa shape index (κ2) is 9.13. The van der Waals surface area contributed by atoms with Crippen molar-refractivity contribution in [1.29, 1.82) is 0 Å². The Morgan fingerprint density at radius 2 is 2.03 bits per heavy atom. The van der Waals surface area contributed by atoms with Crippen LogP contribution < -0.4 is 11.1 Å². The number of likely N-dealkylation sites (tertiary alicyclic amines) is 1. The van der Waals surface area contributed by atoms with Crippen molar-refractivity contribution in [2.45, 2.75) is 50.3 Å². The summed E-state index contributed by atoms with van der Waals surface area (Å²) in [6.45, 7) is 4.98. The Morgan fingerprint density at radius 1 is 1.35 bits per heavy atom. The first-order valence-corrected chi connectivity index (χ1v) is 12.0. The van der Waals surface area contributed by atoms with E-state index in [2.05, 4.69) is 10.4 Å². The van der Waals surface area contributed by atoms with Gasteiger partial charge >= 0.3 is 6.09 Å². The summed E-state index contributed by atoms with van der Waals surface area (Å²) < 4.78 is 44.3. The quantitative estimate of drug-likeness (QED) is 0.690. The van der Waals surface area contributed by atoms with Crippen LogP contribution in [-0.4, -0.2) is 54.6 Å². The van der Waals surface area contributed by atoms with Crippen LogP contribution in [0.1, 0.15) is 38.3 Å². The Hall–Kier alpha value is -2.82. The third kappa shape index (κ3) is 5.46. The number of ether oxygens (including phenoxy) is 1. The van der Waals surface area contributed by atoms with Crippen molar-refractivity contribution in [2.75, 3.05) is 30.4 Å². The summed E-state index contributed by atoms with van der Waals surface area (Å²) in [6, 6.07) is 3.79. The van der Waals surface area contributed by atoms with Gasteiger partial charge in [0.25, 0.3) is 0 Å². The Labute approximate surface area is 181 Å². The molecular formula is C20H28FN5O4S. The van der Waals surface area contributed by atoms with E-state index in [1.54, 1.807) is 15.8 Å². The molecule has 31 heavy (non-hydrogen) atoms. The smallest absolute Gasteiger partial charge is 0.410 e. The van der Waals surface area contributed by atoms with E-state index in [1.165, 1.54) is 12.1 Å². The first kappa shape index (κ1) is 22.9. The number of nitrogen functional groups attached to an aromatic ring is 1. The minimum atomic E-state index is -3.47. The molecular weight excluding hydrogens is 425 g/mol. The average molecular weight is 454 g/mol. The Balaban J connectivity index is 1.61. The highest BCUT2D eigenvalue weighted by Gasteiger charge is 2.27. The number of nitrogens with two attached hydrogens (primary N) is 1. The van der Waals surface area contributed by atoms with Crippen molar-refractivity contribution in [1.82, 2.24) is 14.7 Å². The lowest BCUT2D eigenvalue weighted by Crippen LogP contribution is -2.40. The number of piperidine rings is 1. The molecule has 0 bridgehead atoms. The van der Waals surface area contributed by atoms with Gasteiger partial charge in [0.15, 0.2) is 9.84 Å². The molecule has 1 aliphatic heterocycles. The van der Waals surface area contributed by atoms with Gasteiger partial charge in [-0.25, -0.2) is 22.3 Å². The van der Waals surface area contributed by atoms with E-state index in [0.717, 1.165) is 12.3 Å². The number of amides is 1. The van der Waals surface area contributed by atoms with Crippen molar-refractivity contribution in [2.24, 2.45) is 0 Å². The number of rotatable bonds is 6. The molecule has 2 aromatic rings. The summed E-state index contributed by atoms with van der Waals surface area (Å²) in [5.41, 5.74) is 7.14. The number of halogens is 1. The predicted molar refractivity (Wildman–Crippen MR) is 115 cm³/mol. The highest BCUT2D eigenvalue weighted by Crippen LogP contribution is 2.27. The molecule has 9 nitrogen and oxygen atoms in total. The van der Waals surface area contributed by atoms with E-state index in [-0.39, 0.29) is 35.4 Å². The molecule has 3 rings (SSSR count). The maximum atomic E-state index is 14.2. The standard InChI is InChI=1S/C20H28FN5O4S/c1-13(2)30-20(27)25-8-6-15(7-9-25)26-19(22)14(12-24-26)11-23-18-5-4-16(10-17(18)21)31(3,28)29/h4-5,10,12-13,15,23H,6-9,11,22H2,1-3H3. The van der Waals surface area contributed by atoms with Crippen LogP contribution in [0.25, 0.3) is 0 Å². The molecule has 0 aliphatic carbocycles. The normalized spacial score (nSPS) is 15.3. The van der Waals surface area contributed by atoms with E-state index in [9.17, 15) is 17.6 Å². The summed E-state index contributed by atoms with van der Waals surface area (Å²) in [7, 11) is -3.47. The molecule has 1 aromatic carbocycles. The number of carbonyl (C=O) groups excluding carboxylic acids is 1. The number of nitrogens with zero attached hydrogens (tertiary/aromatic N) is 3. The molecule has 3 N–H and O–H groups in total. The zero-order valence-corrected chi connectivity index (χ0v) is 18.7. The Morgan fingerprint density at radius 3 is 2.61 bits per heavy atom. The monoisotopic (exact) mass is 453 g/mol. The molecule has 2 heterocycles. The van der Waals surface area contributed by atoms with Crippen LogP contribution in [0.3, 0.4) is 0 Å². The number of sulfone groups is 1. The fraction of sp³-hybridized carbons (Fsp3) is 0.500. The zero-order chi connectivity index (χ0) is 22.8. The molecule has 1 amide bonds. The lowest BCUT2D eigenvalue weighted by molar-refractivity contribution is 0.0655. The maximum Gasteiger partial charge on any atom is 0.410 e. The fourth-order valence-corrected chi connectivity index (χ4v) is 4.10. The van der Waals surface area contributed by atoms with Gasteiger partial charge in [-0.05, 0) is 44.9 Å². The molecule has 1 aromatic heterocycles. The van der Waals surface area contributed by atoms with Crippen LogP contribution in [0.4, 0.5) is 20.7 Å². The minimum absolute atomic E-state index is 0.0580. The van der Waals surface area contributed by atoms with Crippen LogP contribution >= 0.6 is 0 Å². The topological polar surface area (TPSA) is 120 Å². The summed E-state index contributed by atoms with van der Waals surface area (Å²) >= 11 is 0. The van der Waals surface area contributed by atoms with E-state index >= 15 is 0 Å². The van der Waals surface area contributed by atoms with E-state index in [1.807, 2.05) is 13.8 Å². The number of hydrogen-bond acceptors (Lipinski definition) is 7. The SMILES string of the molecule is CC(C)OC(=O)N1CCC(n2ncc(CNc3ccc(S(C)(=O)=O)cc3F)c2N)CC1. The lowest BCUT2D eigenvalue weighted by atomic mass is 10.1. The zero-order valence-electron chi connectivity index (χ0n) is 17.8. The first-order chi connectivity index (χ1) is 14.6. The van der Waals surface area contributed by atoms with Gasteiger partial charge in [-0.1, -0.05) is 0 Å².